The number of halogens is 1. The van der Waals surface area contributed by atoms with E-state index in [9.17, 15) is 0 Å². The highest BCUT2D eigenvalue weighted by atomic mass is 35.5. The molecular weight excluding hydrogens is 300 g/mol. The summed E-state index contributed by atoms with van der Waals surface area (Å²) in [6, 6.07) is 7.35. The lowest BCUT2D eigenvalue weighted by Crippen LogP contribution is -2.40. The molecule has 0 saturated carbocycles. The van der Waals surface area contributed by atoms with Gasteiger partial charge in [-0.05, 0) is 36.6 Å². The summed E-state index contributed by atoms with van der Waals surface area (Å²) >= 11 is 5.94. The van der Waals surface area contributed by atoms with Crippen LogP contribution in [-0.4, -0.2) is 22.3 Å². The highest BCUT2D eigenvalue weighted by Gasteiger charge is 2.35. The first kappa shape index (κ1) is 16.8. The van der Waals surface area contributed by atoms with Crippen LogP contribution in [0, 0.1) is 5.41 Å². The SMILES string of the molecule is CCOC(C(Oc1ccc(Cl)cc1)n1ccnc1)C(C)(C)C. The van der Waals surface area contributed by atoms with Crippen molar-refractivity contribution in [3.8, 4) is 5.75 Å². The van der Waals surface area contributed by atoms with Crippen LogP contribution >= 0.6 is 11.6 Å². The predicted octanol–water partition coefficient (Wildman–Crippen LogP) is 4.57. The van der Waals surface area contributed by atoms with Crippen LogP contribution < -0.4 is 4.74 Å². The van der Waals surface area contributed by atoms with Crippen LogP contribution in [0.3, 0.4) is 0 Å². The predicted molar refractivity (Wildman–Crippen MR) is 88.2 cm³/mol. The first-order valence-corrected chi connectivity index (χ1v) is 7.81. The van der Waals surface area contributed by atoms with Crippen LogP contribution in [0.15, 0.2) is 43.0 Å². The minimum Gasteiger partial charge on any atom is -0.467 e. The van der Waals surface area contributed by atoms with Gasteiger partial charge in [0, 0.05) is 24.0 Å². The molecule has 2 rings (SSSR count). The van der Waals surface area contributed by atoms with Gasteiger partial charge in [-0.25, -0.2) is 4.98 Å². The Labute approximate surface area is 137 Å². The molecule has 0 fully saturated rings. The average Bonchev–Trinajstić information content (AvgIpc) is 2.97. The van der Waals surface area contributed by atoms with Crippen LogP contribution in [0.2, 0.25) is 5.02 Å². The lowest BCUT2D eigenvalue weighted by Gasteiger charge is -2.37. The van der Waals surface area contributed by atoms with Crippen LogP contribution in [0.25, 0.3) is 0 Å². The molecule has 2 unspecified atom stereocenters. The Kier molecular flexibility index (Phi) is 5.48. The van der Waals surface area contributed by atoms with E-state index >= 15 is 0 Å². The van der Waals surface area contributed by atoms with Gasteiger partial charge < -0.3 is 9.47 Å². The maximum Gasteiger partial charge on any atom is 0.203 e. The van der Waals surface area contributed by atoms with Crippen molar-refractivity contribution in [2.45, 2.75) is 40.0 Å². The summed E-state index contributed by atoms with van der Waals surface area (Å²) in [6.07, 6.45) is 4.95. The zero-order valence-electron chi connectivity index (χ0n) is 13.5. The topological polar surface area (TPSA) is 36.3 Å². The molecule has 2 aromatic rings. The second-order valence-corrected chi connectivity index (χ2v) is 6.65. The fraction of sp³-hybridized carbons (Fsp3) is 0.471. The summed E-state index contributed by atoms with van der Waals surface area (Å²) in [7, 11) is 0. The van der Waals surface area contributed by atoms with E-state index < -0.39 is 0 Å². The maximum atomic E-state index is 6.19. The van der Waals surface area contributed by atoms with Gasteiger partial charge in [-0.1, -0.05) is 32.4 Å². The van der Waals surface area contributed by atoms with Crippen molar-refractivity contribution in [3.05, 3.63) is 48.0 Å². The molecule has 2 atom stereocenters. The van der Waals surface area contributed by atoms with E-state index in [1.165, 1.54) is 0 Å². The van der Waals surface area contributed by atoms with Crippen molar-refractivity contribution in [3.63, 3.8) is 0 Å². The molecule has 0 saturated heterocycles. The highest BCUT2D eigenvalue weighted by molar-refractivity contribution is 6.30. The van der Waals surface area contributed by atoms with Crippen LogP contribution in [0.1, 0.15) is 33.9 Å². The van der Waals surface area contributed by atoms with Crippen molar-refractivity contribution in [2.75, 3.05) is 6.61 Å². The Balaban J connectivity index is 2.31. The van der Waals surface area contributed by atoms with Gasteiger partial charge >= 0.3 is 0 Å². The van der Waals surface area contributed by atoms with Crippen LogP contribution in [-0.2, 0) is 4.74 Å². The highest BCUT2D eigenvalue weighted by Crippen LogP contribution is 2.33. The van der Waals surface area contributed by atoms with Crippen molar-refractivity contribution in [1.29, 1.82) is 0 Å². The number of aromatic nitrogens is 2. The van der Waals surface area contributed by atoms with Gasteiger partial charge in [-0.15, -0.1) is 0 Å². The van der Waals surface area contributed by atoms with Gasteiger partial charge in [0.2, 0.25) is 6.23 Å². The standard InChI is InChI=1S/C17H23ClN2O2/c1-5-21-15(17(2,3)4)16(20-11-10-19-12-20)22-14-8-6-13(18)7-9-14/h6-12,15-16H,5H2,1-4H3. The van der Waals surface area contributed by atoms with Gasteiger partial charge in [-0.3, -0.25) is 4.57 Å². The van der Waals surface area contributed by atoms with E-state index in [1.807, 2.05) is 42.0 Å². The van der Waals surface area contributed by atoms with Gasteiger partial charge in [0.05, 0.1) is 6.33 Å². The second-order valence-electron chi connectivity index (χ2n) is 6.21. The first-order valence-electron chi connectivity index (χ1n) is 7.43. The molecule has 0 amide bonds. The summed E-state index contributed by atoms with van der Waals surface area (Å²) in [5, 5.41) is 0.684. The maximum absolute atomic E-state index is 6.19. The second kappa shape index (κ2) is 7.16. The Morgan fingerprint density at radius 2 is 1.91 bits per heavy atom. The quantitative estimate of drug-likeness (QED) is 0.782. The molecule has 0 radical (unpaired) electrons. The molecule has 1 aromatic carbocycles. The van der Waals surface area contributed by atoms with Gasteiger partial charge in [0.25, 0.3) is 0 Å². The molecular formula is C17H23ClN2O2. The fourth-order valence-corrected chi connectivity index (χ4v) is 2.42. The number of hydrogen-bond donors (Lipinski definition) is 0. The number of ether oxygens (including phenoxy) is 2. The van der Waals surface area contributed by atoms with Crippen LogP contribution in [0.4, 0.5) is 0 Å². The smallest absolute Gasteiger partial charge is 0.203 e. The zero-order valence-corrected chi connectivity index (χ0v) is 14.2. The van der Waals surface area contributed by atoms with E-state index in [0.29, 0.717) is 11.6 Å². The summed E-state index contributed by atoms with van der Waals surface area (Å²) < 4.78 is 14.1. The van der Waals surface area contributed by atoms with E-state index in [4.69, 9.17) is 21.1 Å². The zero-order chi connectivity index (χ0) is 16.2. The molecule has 22 heavy (non-hydrogen) atoms. The molecule has 0 bridgehead atoms. The summed E-state index contributed by atoms with van der Waals surface area (Å²) in [5.41, 5.74) is -0.0859. The number of rotatable bonds is 6. The van der Waals surface area contributed by atoms with Gasteiger partial charge in [0.15, 0.2) is 0 Å². The molecule has 0 aliphatic heterocycles. The Morgan fingerprint density at radius 3 is 2.41 bits per heavy atom. The van der Waals surface area contributed by atoms with Crippen molar-refractivity contribution >= 4 is 11.6 Å². The number of hydrogen-bond acceptors (Lipinski definition) is 3. The number of benzene rings is 1. The van der Waals surface area contributed by atoms with Crippen LogP contribution in [0.5, 0.6) is 5.75 Å². The number of imidazole rings is 1. The molecule has 0 spiro atoms. The van der Waals surface area contributed by atoms with E-state index in [2.05, 4.69) is 25.8 Å². The molecule has 1 aromatic heterocycles. The summed E-state index contributed by atoms with van der Waals surface area (Å²) in [4.78, 5) is 4.13. The van der Waals surface area contributed by atoms with Crippen molar-refractivity contribution < 1.29 is 9.47 Å². The first-order chi connectivity index (χ1) is 10.4. The Morgan fingerprint density at radius 1 is 1.23 bits per heavy atom. The van der Waals surface area contributed by atoms with Crippen molar-refractivity contribution in [2.24, 2.45) is 5.41 Å². The third kappa shape index (κ3) is 4.24. The molecule has 1 heterocycles. The third-order valence-corrected chi connectivity index (χ3v) is 3.60. The monoisotopic (exact) mass is 322 g/mol. The lowest BCUT2D eigenvalue weighted by atomic mass is 9.87. The lowest BCUT2D eigenvalue weighted by molar-refractivity contribution is -0.107. The average molecular weight is 323 g/mol. The van der Waals surface area contributed by atoms with Crippen molar-refractivity contribution in [1.82, 2.24) is 9.55 Å². The third-order valence-electron chi connectivity index (χ3n) is 3.35. The molecule has 120 valence electrons. The normalized spacial score (nSPS) is 14.6. The minimum atomic E-state index is -0.302. The van der Waals surface area contributed by atoms with Gasteiger partial charge in [0.1, 0.15) is 11.9 Å². The Bertz CT molecular complexity index is 561. The molecule has 4 nitrogen and oxygen atoms in total. The van der Waals surface area contributed by atoms with E-state index in [1.54, 1.807) is 12.5 Å². The molecule has 5 heteroatoms. The molecule has 0 N–H and O–H groups in total. The summed E-state index contributed by atoms with van der Waals surface area (Å²) in [5.74, 6) is 0.747. The largest absolute Gasteiger partial charge is 0.467 e. The summed E-state index contributed by atoms with van der Waals surface area (Å²) in [6.45, 7) is 9.04. The molecule has 0 aliphatic carbocycles. The van der Waals surface area contributed by atoms with E-state index in [-0.39, 0.29) is 17.7 Å². The fourth-order valence-electron chi connectivity index (χ4n) is 2.29. The molecule has 0 aliphatic rings. The number of nitrogens with zero attached hydrogens (tertiary/aromatic N) is 2. The van der Waals surface area contributed by atoms with Gasteiger partial charge in [-0.2, -0.15) is 0 Å². The Hall–Kier alpha value is -1.52. The minimum absolute atomic E-state index is 0.0859. The van der Waals surface area contributed by atoms with E-state index in [0.717, 1.165) is 5.75 Å².